The lowest BCUT2D eigenvalue weighted by atomic mass is 9.59. The van der Waals surface area contributed by atoms with Crippen LogP contribution in [0.5, 0.6) is 0 Å². The molecule has 0 atom stereocenters. The summed E-state index contributed by atoms with van der Waals surface area (Å²) < 4.78 is 0. The number of nitrogen functional groups attached to an aromatic ring is 2. The number of hydrogen-bond donors (Lipinski definition) is 2. The van der Waals surface area contributed by atoms with Gasteiger partial charge in [-0.3, -0.25) is 0 Å². The molecule has 0 spiro atoms. The van der Waals surface area contributed by atoms with E-state index in [0.717, 1.165) is 17.8 Å². The van der Waals surface area contributed by atoms with E-state index in [1.807, 2.05) is 24.3 Å². The Morgan fingerprint density at radius 1 is 0.500 bits per heavy atom. The molecule has 1 aliphatic rings. The van der Waals surface area contributed by atoms with Gasteiger partial charge in [-0.2, -0.15) is 0 Å². The molecule has 6 rings (SSSR count). The van der Waals surface area contributed by atoms with E-state index in [2.05, 4.69) is 84.9 Å². The first kappa shape index (κ1) is 18.7. The molecule has 0 bridgehead atoms. The highest BCUT2D eigenvalue weighted by molar-refractivity contribution is 5.86. The van der Waals surface area contributed by atoms with Crippen LogP contribution in [0.4, 0.5) is 11.4 Å². The maximum Gasteiger partial charge on any atom is 0.0707 e. The summed E-state index contributed by atoms with van der Waals surface area (Å²) in [6.07, 6.45) is 0.919. The van der Waals surface area contributed by atoms with Crippen molar-refractivity contribution in [3.63, 3.8) is 0 Å². The molecule has 0 aromatic heterocycles. The number of hydrogen-bond acceptors (Lipinski definition) is 2. The first-order valence-corrected chi connectivity index (χ1v) is 11.0. The third kappa shape index (κ3) is 2.66. The van der Waals surface area contributed by atoms with Gasteiger partial charge in [0.15, 0.2) is 0 Å². The molecular weight excluding hydrogens is 388 g/mol. The third-order valence-electron chi connectivity index (χ3n) is 6.87. The minimum Gasteiger partial charge on any atom is -0.399 e. The van der Waals surface area contributed by atoms with Gasteiger partial charge in [0.25, 0.3) is 0 Å². The van der Waals surface area contributed by atoms with E-state index in [0.29, 0.717) is 0 Å². The molecule has 0 saturated carbocycles. The van der Waals surface area contributed by atoms with E-state index in [1.165, 1.54) is 44.2 Å². The SMILES string of the molecule is Nc1ccc(C2(c3ccc(N)cc3)c3ccccc3Cc3cc4ccccc4cc32)cc1. The minimum atomic E-state index is -0.449. The molecule has 2 heteroatoms. The Morgan fingerprint density at radius 2 is 1.03 bits per heavy atom. The monoisotopic (exact) mass is 412 g/mol. The van der Waals surface area contributed by atoms with Crippen molar-refractivity contribution >= 4 is 22.1 Å². The van der Waals surface area contributed by atoms with Gasteiger partial charge in [-0.25, -0.2) is 0 Å². The number of fused-ring (bicyclic) bond motifs is 3. The van der Waals surface area contributed by atoms with Gasteiger partial charge in [0.2, 0.25) is 0 Å². The van der Waals surface area contributed by atoms with Gasteiger partial charge in [0.05, 0.1) is 5.41 Å². The highest BCUT2D eigenvalue weighted by Crippen LogP contribution is 2.51. The highest BCUT2D eigenvalue weighted by Gasteiger charge is 2.43. The highest BCUT2D eigenvalue weighted by atomic mass is 14.6. The third-order valence-corrected chi connectivity index (χ3v) is 6.87. The number of rotatable bonds is 2. The fourth-order valence-corrected chi connectivity index (χ4v) is 5.43. The van der Waals surface area contributed by atoms with Gasteiger partial charge in [0, 0.05) is 11.4 Å². The average Bonchev–Trinajstić information content (AvgIpc) is 2.83. The number of nitrogens with two attached hydrogens (primary N) is 2. The number of anilines is 2. The van der Waals surface area contributed by atoms with E-state index in [4.69, 9.17) is 11.5 Å². The van der Waals surface area contributed by atoms with E-state index in [9.17, 15) is 0 Å². The zero-order valence-corrected chi connectivity index (χ0v) is 17.8. The predicted molar refractivity (Wildman–Crippen MR) is 134 cm³/mol. The van der Waals surface area contributed by atoms with Crippen molar-refractivity contribution in [3.8, 4) is 0 Å². The van der Waals surface area contributed by atoms with Crippen molar-refractivity contribution in [1.82, 2.24) is 0 Å². The Balaban J connectivity index is 1.80. The summed E-state index contributed by atoms with van der Waals surface area (Å²) >= 11 is 0. The second-order valence-electron chi connectivity index (χ2n) is 8.68. The van der Waals surface area contributed by atoms with Crippen molar-refractivity contribution in [2.75, 3.05) is 11.5 Å². The lowest BCUT2D eigenvalue weighted by Gasteiger charge is -2.42. The Kier molecular flexibility index (Phi) is 4.09. The fourth-order valence-electron chi connectivity index (χ4n) is 5.43. The van der Waals surface area contributed by atoms with Crippen LogP contribution in [0.25, 0.3) is 10.8 Å². The molecule has 1 aliphatic carbocycles. The number of benzene rings is 5. The van der Waals surface area contributed by atoms with Gasteiger partial charge in [-0.05, 0) is 80.9 Å². The normalized spacial score (nSPS) is 14.0. The molecule has 0 heterocycles. The molecule has 5 aromatic rings. The largest absolute Gasteiger partial charge is 0.399 e. The molecule has 0 saturated heterocycles. The van der Waals surface area contributed by atoms with Gasteiger partial charge in [-0.15, -0.1) is 0 Å². The van der Waals surface area contributed by atoms with E-state index in [1.54, 1.807) is 0 Å². The summed E-state index contributed by atoms with van der Waals surface area (Å²) in [6, 6.07) is 38.9. The summed E-state index contributed by atoms with van der Waals surface area (Å²) in [5.74, 6) is 0. The summed E-state index contributed by atoms with van der Waals surface area (Å²) in [7, 11) is 0. The molecule has 5 aromatic carbocycles. The Labute approximate surface area is 188 Å². The van der Waals surface area contributed by atoms with Crippen molar-refractivity contribution < 1.29 is 0 Å². The van der Waals surface area contributed by atoms with Gasteiger partial charge in [0.1, 0.15) is 0 Å². The molecule has 0 aliphatic heterocycles. The first-order chi connectivity index (χ1) is 15.7. The smallest absolute Gasteiger partial charge is 0.0707 e. The standard InChI is InChI=1S/C30H24N2/c31-26-13-9-24(10-14-26)30(25-11-15-27(32)16-12-25)28-8-4-3-7-22(28)18-23-17-20-5-1-2-6-21(20)19-29(23)30/h1-17,19H,18,31-32H2. The van der Waals surface area contributed by atoms with Crippen molar-refractivity contribution in [2.24, 2.45) is 0 Å². The van der Waals surface area contributed by atoms with E-state index in [-0.39, 0.29) is 0 Å². The molecule has 2 nitrogen and oxygen atoms in total. The summed E-state index contributed by atoms with van der Waals surface area (Å²) in [5, 5.41) is 2.52. The van der Waals surface area contributed by atoms with Crippen LogP contribution in [0.15, 0.2) is 109 Å². The molecule has 154 valence electrons. The molecule has 0 unspecified atom stereocenters. The summed E-state index contributed by atoms with van der Waals surface area (Å²) in [6.45, 7) is 0. The molecule has 32 heavy (non-hydrogen) atoms. The van der Waals surface area contributed by atoms with Crippen LogP contribution in [0.1, 0.15) is 33.4 Å². The average molecular weight is 413 g/mol. The van der Waals surface area contributed by atoms with Gasteiger partial charge < -0.3 is 11.5 Å². The van der Waals surface area contributed by atoms with Crippen LogP contribution < -0.4 is 11.5 Å². The van der Waals surface area contributed by atoms with Crippen LogP contribution in [-0.4, -0.2) is 0 Å². The van der Waals surface area contributed by atoms with Crippen molar-refractivity contribution in [3.05, 3.63) is 143 Å². The maximum absolute atomic E-state index is 6.11. The second kappa shape index (κ2) is 7.00. The zero-order chi connectivity index (χ0) is 21.7. The molecule has 0 amide bonds. The Morgan fingerprint density at radius 3 is 1.66 bits per heavy atom. The van der Waals surface area contributed by atoms with Crippen LogP contribution in [0.3, 0.4) is 0 Å². The van der Waals surface area contributed by atoms with Crippen LogP contribution in [-0.2, 0) is 11.8 Å². The quantitative estimate of drug-likeness (QED) is 0.328. The van der Waals surface area contributed by atoms with Crippen molar-refractivity contribution in [1.29, 1.82) is 0 Å². The minimum absolute atomic E-state index is 0.449. The first-order valence-electron chi connectivity index (χ1n) is 11.0. The molecular formula is C30H24N2. The van der Waals surface area contributed by atoms with Gasteiger partial charge in [-0.1, -0.05) is 78.9 Å². The van der Waals surface area contributed by atoms with Crippen LogP contribution >= 0.6 is 0 Å². The van der Waals surface area contributed by atoms with Crippen LogP contribution in [0, 0.1) is 0 Å². The molecule has 0 radical (unpaired) electrons. The second-order valence-corrected chi connectivity index (χ2v) is 8.68. The van der Waals surface area contributed by atoms with Crippen molar-refractivity contribution in [2.45, 2.75) is 11.8 Å². The summed E-state index contributed by atoms with van der Waals surface area (Å²) in [4.78, 5) is 0. The summed E-state index contributed by atoms with van der Waals surface area (Å²) in [5.41, 5.74) is 21.1. The zero-order valence-electron chi connectivity index (χ0n) is 17.8. The topological polar surface area (TPSA) is 52.0 Å². The van der Waals surface area contributed by atoms with Crippen LogP contribution in [0.2, 0.25) is 0 Å². The predicted octanol–water partition coefficient (Wildman–Crippen LogP) is 6.29. The molecule has 0 fully saturated rings. The van der Waals surface area contributed by atoms with E-state index < -0.39 is 5.41 Å². The lowest BCUT2D eigenvalue weighted by molar-refractivity contribution is 0.705. The lowest BCUT2D eigenvalue weighted by Crippen LogP contribution is -2.36. The Hall–Kier alpha value is -4.04. The van der Waals surface area contributed by atoms with Gasteiger partial charge >= 0.3 is 0 Å². The molecule has 4 N–H and O–H groups in total. The fraction of sp³-hybridized carbons (Fsp3) is 0.0667. The maximum atomic E-state index is 6.11. The Bertz CT molecular complexity index is 1400. The van der Waals surface area contributed by atoms with E-state index >= 15 is 0 Å².